The zero-order valence-electron chi connectivity index (χ0n) is 12.3. The van der Waals surface area contributed by atoms with E-state index in [0.29, 0.717) is 0 Å². The summed E-state index contributed by atoms with van der Waals surface area (Å²) in [4.78, 5) is 0. The minimum atomic E-state index is 0.164. The Hall–Kier alpha value is -0.660. The second-order valence-corrected chi connectivity index (χ2v) is 5.22. The minimum Gasteiger partial charge on any atom is -0.401 e. The van der Waals surface area contributed by atoms with E-state index in [1.54, 1.807) is 0 Å². The lowest BCUT2D eigenvalue weighted by Gasteiger charge is -2.35. The van der Waals surface area contributed by atoms with E-state index in [1.165, 1.54) is 38.5 Å². The first kappa shape index (κ1) is 16.3. The van der Waals surface area contributed by atoms with Crippen LogP contribution < -0.4 is 11.5 Å². The molecule has 0 aromatic carbocycles. The van der Waals surface area contributed by atoms with E-state index in [2.05, 4.69) is 27.7 Å². The molecule has 0 saturated carbocycles. The highest BCUT2D eigenvalue weighted by Gasteiger charge is 2.31. The van der Waals surface area contributed by atoms with Gasteiger partial charge in [-0.05, 0) is 25.7 Å². The third-order valence-corrected chi connectivity index (χ3v) is 3.62. The second-order valence-electron chi connectivity index (χ2n) is 5.22. The molecule has 0 aliphatic carbocycles. The SMILES string of the molecule is CCCC(N)=C(N)C(CCC)(CCC)CCC. The van der Waals surface area contributed by atoms with Crippen LogP contribution in [0.1, 0.15) is 79.1 Å². The number of hydrogen-bond acceptors (Lipinski definition) is 2. The van der Waals surface area contributed by atoms with Gasteiger partial charge in [-0.3, -0.25) is 0 Å². The molecule has 0 spiro atoms. The Morgan fingerprint density at radius 3 is 1.47 bits per heavy atom. The van der Waals surface area contributed by atoms with Crippen molar-refractivity contribution in [1.82, 2.24) is 0 Å². The van der Waals surface area contributed by atoms with Gasteiger partial charge >= 0.3 is 0 Å². The highest BCUT2D eigenvalue weighted by Crippen LogP contribution is 2.40. The molecular formula is C15H32N2. The molecule has 2 heteroatoms. The topological polar surface area (TPSA) is 52.0 Å². The van der Waals surface area contributed by atoms with Gasteiger partial charge < -0.3 is 11.5 Å². The van der Waals surface area contributed by atoms with E-state index in [9.17, 15) is 0 Å². The summed E-state index contributed by atoms with van der Waals surface area (Å²) in [5, 5.41) is 0. The van der Waals surface area contributed by atoms with Gasteiger partial charge in [-0.1, -0.05) is 53.4 Å². The first-order chi connectivity index (χ1) is 8.07. The molecule has 2 nitrogen and oxygen atoms in total. The van der Waals surface area contributed by atoms with Gasteiger partial charge in [0.1, 0.15) is 0 Å². The van der Waals surface area contributed by atoms with Crippen molar-refractivity contribution in [3.63, 3.8) is 0 Å². The van der Waals surface area contributed by atoms with Crippen molar-refractivity contribution in [2.24, 2.45) is 16.9 Å². The van der Waals surface area contributed by atoms with Crippen LogP contribution in [0, 0.1) is 5.41 Å². The predicted octanol–water partition coefficient (Wildman–Crippen LogP) is 4.30. The minimum absolute atomic E-state index is 0.164. The van der Waals surface area contributed by atoms with Gasteiger partial charge in [0.05, 0.1) is 0 Å². The molecule has 17 heavy (non-hydrogen) atoms. The van der Waals surface area contributed by atoms with Crippen molar-refractivity contribution in [2.75, 3.05) is 0 Å². The summed E-state index contributed by atoms with van der Waals surface area (Å²) in [7, 11) is 0. The van der Waals surface area contributed by atoms with E-state index in [-0.39, 0.29) is 5.41 Å². The molecule has 4 N–H and O–H groups in total. The fraction of sp³-hybridized carbons (Fsp3) is 0.867. The van der Waals surface area contributed by atoms with Crippen LogP contribution in [0.15, 0.2) is 11.4 Å². The molecule has 0 amide bonds. The molecule has 0 bridgehead atoms. The molecule has 0 atom stereocenters. The Morgan fingerprint density at radius 2 is 1.18 bits per heavy atom. The summed E-state index contributed by atoms with van der Waals surface area (Å²) in [6.45, 7) is 8.87. The summed E-state index contributed by atoms with van der Waals surface area (Å²) in [6.07, 6.45) is 9.07. The molecule has 0 saturated heterocycles. The van der Waals surface area contributed by atoms with Crippen LogP contribution in [0.2, 0.25) is 0 Å². The van der Waals surface area contributed by atoms with E-state index in [4.69, 9.17) is 11.5 Å². The third-order valence-electron chi connectivity index (χ3n) is 3.62. The number of rotatable bonds is 9. The third kappa shape index (κ3) is 4.61. The summed E-state index contributed by atoms with van der Waals surface area (Å²) < 4.78 is 0. The maximum atomic E-state index is 6.40. The zero-order valence-corrected chi connectivity index (χ0v) is 12.3. The molecule has 0 radical (unpaired) electrons. The summed E-state index contributed by atoms with van der Waals surface area (Å²) >= 11 is 0. The maximum Gasteiger partial charge on any atom is 0.0334 e. The molecule has 0 heterocycles. The quantitative estimate of drug-likeness (QED) is 0.631. The Bertz CT molecular complexity index is 214. The van der Waals surface area contributed by atoms with Crippen LogP contribution in [-0.4, -0.2) is 0 Å². The Labute approximate surface area is 108 Å². The van der Waals surface area contributed by atoms with Crippen molar-refractivity contribution in [3.05, 3.63) is 11.4 Å². The molecular weight excluding hydrogens is 208 g/mol. The average Bonchev–Trinajstić information content (AvgIpc) is 2.29. The molecule has 0 fully saturated rings. The number of hydrogen-bond donors (Lipinski definition) is 2. The molecule has 0 unspecified atom stereocenters. The first-order valence-corrected chi connectivity index (χ1v) is 7.32. The van der Waals surface area contributed by atoms with Gasteiger partial charge in [-0.2, -0.15) is 0 Å². The van der Waals surface area contributed by atoms with E-state index in [1.807, 2.05) is 0 Å². The van der Waals surface area contributed by atoms with Gasteiger partial charge in [0.2, 0.25) is 0 Å². The molecule has 102 valence electrons. The largest absolute Gasteiger partial charge is 0.401 e. The smallest absolute Gasteiger partial charge is 0.0334 e. The molecule has 0 aliphatic rings. The van der Waals surface area contributed by atoms with Gasteiger partial charge in [-0.15, -0.1) is 0 Å². The summed E-state index contributed by atoms with van der Waals surface area (Å²) in [5.41, 5.74) is 14.6. The Morgan fingerprint density at radius 1 is 0.765 bits per heavy atom. The van der Waals surface area contributed by atoms with Crippen LogP contribution in [0.5, 0.6) is 0 Å². The Kier molecular flexibility index (Phi) is 8.11. The van der Waals surface area contributed by atoms with Crippen LogP contribution in [0.25, 0.3) is 0 Å². The van der Waals surface area contributed by atoms with Crippen molar-refractivity contribution < 1.29 is 0 Å². The van der Waals surface area contributed by atoms with E-state index < -0.39 is 0 Å². The lowest BCUT2D eigenvalue weighted by atomic mass is 9.72. The van der Waals surface area contributed by atoms with E-state index in [0.717, 1.165) is 24.2 Å². The standard InChI is InChI=1S/C15H32N2/c1-5-9-13(16)14(17)15(10-6-2,11-7-3)12-8-4/h5-12,16-17H2,1-4H3. The van der Waals surface area contributed by atoms with Crippen molar-refractivity contribution in [3.8, 4) is 0 Å². The van der Waals surface area contributed by atoms with Gasteiger partial charge in [-0.25, -0.2) is 0 Å². The van der Waals surface area contributed by atoms with E-state index >= 15 is 0 Å². The van der Waals surface area contributed by atoms with Crippen LogP contribution in [0.4, 0.5) is 0 Å². The van der Waals surface area contributed by atoms with Crippen LogP contribution >= 0.6 is 0 Å². The monoisotopic (exact) mass is 240 g/mol. The van der Waals surface area contributed by atoms with Gasteiger partial charge in [0, 0.05) is 16.8 Å². The number of allylic oxidation sites excluding steroid dienone is 2. The molecule has 0 aliphatic heterocycles. The lowest BCUT2D eigenvalue weighted by molar-refractivity contribution is 0.261. The Balaban J connectivity index is 5.15. The fourth-order valence-corrected chi connectivity index (χ4v) is 2.96. The fourth-order valence-electron chi connectivity index (χ4n) is 2.96. The van der Waals surface area contributed by atoms with Crippen molar-refractivity contribution >= 4 is 0 Å². The molecule has 0 rings (SSSR count). The average molecular weight is 240 g/mol. The lowest BCUT2D eigenvalue weighted by Crippen LogP contribution is -2.31. The first-order valence-electron chi connectivity index (χ1n) is 7.32. The van der Waals surface area contributed by atoms with Crippen LogP contribution in [-0.2, 0) is 0 Å². The zero-order chi connectivity index (χ0) is 13.3. The second kappa shape index (κ2) is 8.43. The predicted molar refractivity (Wildman–Crippen MR) is 77.5 cm³/mol. The summed E-state index contributed by atoms with van der Waals surface area (Å²) in [5.74, 6) is 0. The normalized spacial score (nSPS) is 13.6. The highest BCUT2D eigenvalue weighted by molar-refractivity contribution is 5.17. The molecule has 0 aromatic rings. The van der Waals surface area contributed by atoms with Crippen molar-refractivity contribution in [1.29, 1.82) is 0 Å². The van der Waals surface area contributed by atoms with Crippen LogP contribution in [0.3, 0.4) is 0 Å². The van der Waals surface area contributed by atoms with Gasteiger partial charge in [0.15, 0.2) is 0 Å². The van der Waals surface area contributed by atoms with Crippen molar-refractivity contribution in [2.45, 2.75) is 79.1 Å². The van der Waals surface area contributed by atoms with Gasteiger partial charge in [0.25, 0.3) is 0 Å². The summed E-state index contributed by atoms with van der Waals surface area (Å²) in [6, 6.07) is 0. The maximum absolute atomic E-state index is 6.40. The molecule has 0 aromatic heterocycles. The highest BCUT2D eigenvalue weighted by atomic mass is 14.7. The number of nitrogens with two attached hydrogens (primary N) is 2.